The molecule has 0 aliphatic heterocycles. The lowest BCUT2D eigenvalue weighted by Gasteiger charge is -2.20. The SMILES string of the molecule is O=C(c1cccc(Oc2ccccc2)c1)N(Cc1cccnc1)c1nc2c(Cl)cccc2s1. The van der Waals surface area contributed by atoms with Crippen LogP contribution in [0.25, 0.3) is 10.2 Å². The number of aromatic nitrogens is 2. The number of carbonyl (C=O) groups excluding carboxylic acids is 1. The Bertz CT molecular complexity index is 1410. The molecule has 162 valence electrons. The smallest absolute Gasteiger partial charge is 0.260 e. The molecule has 0 fully saturated rings. The molecule has 3 aromatic carbocycles. The second-order valence-electron chi connectivity index (χ2n) is 7.28. The predicted molar refractivity (Wildman–Crippen MR) is 132 cm³/mol. The minimum atomic E-state index is -0.187. The van der Waals surface area contributed by atoms with Crippen LogP contribution in [0, 0.1) is 0 Å². The number of pyridine rings is 1. The summed E-state index contributed by atoms with van der Waals surface area (Å²) in [7, 11) is 0. The first-order chi connectivity index (χ1) is 16.2. The van der Waals surface area contributed by atoms with E-state index < -0.39 is 0 Å². The Morgan fingerprint density at radius 1 is 0.939 bits per heavy atom. The molecule has 7 heteroatoms. The minimum absolute atomic E-state index is 0.187. The van der Waals surface area contributed by atoms with Crippen molar-refractivity contribution in [1.82, 2.24) is 9.97 Å². The summed E-state index contributed by atoms with van der Waals surface area (Å²) in [6, 6.07) is 26.0. The highest BCUT2D eigenvalue weighted by Gasteiger charge is 2.23. The van der Waals surface area contributed by atoms with Gasteiger partial charge in [0.05, 0.1) is 16.3 Å². The highest BCUT2D eigenvalue weighted by atomic mass is 35.5. The zero-order chi connectivity index (χ0) is 22.6. The Balaban J connectivity index is 1.51. The molecule has 0 N–H and O–H groups in total. The van der Waals surface area contributed by atoms with Gasteiger partial charge in [-0.25, -0.2) is 4.98 Å². The Morgan fingerprint density at radius 2 is 1.76 bits per heavy atom. The summed E-state index contributed by atoms with van der Waals surface area (Å²) in [4.78, 5) is 24.2. The first kappa shape index (κ1) is 21.1. The fourth-order valence-corrected chi connectivity index (χ4v) is 4.66. The average Bonchev–Trinajstić information content (AvgIpc) is 3.29. The number of thiazole rings is 1. The van der Waals surface area contributed by atoms with E-state index in [-0.39, 0.29) is 5.91 Å². The summed E-state index contributed by atoms with van der Waals surface area (Å²) >= 11 is 7.77. The van der Waals surface area contributed by atoms with Gasteiger partial charge in [0.15, 0.2) is 5.13 Å². The molecule has 0 aliphatic rings. The van der Waals surface area contributed by atoms with E-state index >= 15 is 0 Å². The molecule has 0 atom stereocenters. The molecule has 0 saturated heterocycles. The van der Waals surface area contributed by atoms with Crippen molar-refractivity contribution in [3.63, 3.8) is 0 Å². The Morgan fingerprint density at radius 3 is 2.55 bits per heavy atom. The largest absolute Gasteiger partial charge is 0.457 e. The number of amides is 1. The van der Waals surface area contributed by atoms with Crippen LogP contribution in [0.1, 0.15) is 15.9 Å². The van der Waals surface area contributed by atoms with Gasteiger partial charge in [0, 0.05) is 18.0 Å². The van der Waals surface area contributed by atoms with Gasteiger partial charge >= 0.3 is 0 Å². The van der Waals surface area contributed by atoms with E-state index in [0.29, 0.717) is 39.3 Å². The normalized spacial score (nSPS) is 10.8. The van der Waals surface area contributed by atoms with Crippen LogP contribution in [0.3, 0.4) is 0 Å². The summed E-state index contributed by atoms with van der Waals surface area (Å²) in [5, 5.41) is 1.13. The maximum atomic E-state index is 13.7. The van der Waals surface area contributed by atoms with Crippen molar-refractivity contribution >= 4 is 44.2 Å². The van der Waals surface area contributed by atoms with Crippen LogP contribution in [0.2, 0.25) is 5.02 Å². The van der Waals surface area contributed by atoms with Crippen LogP contribution in [-0.2, 0) is 6.54 Å². The highest BCUT2D eigenvalue weighted by Crippen LogP contribution is 2.34. The molecule has 0 radical (unpaired) electrons. The summed E-state index contributed by atoms with van der Waals surface area (Å²) in [5.41, 5.74) is 2.08. The zero-order valence-electron chi connectivity index (χ0n) is 17.4. The maximum absolute atomic E-state index is 13.7. The van der Waals surface area contributed by atoms with Gasteiger partial charge in [0.1, 0.15) is 17.0 Å². The topological polar surface area (TPSA) is 55.3 Å². The third-order valence-corrected chi connectivity index (χ3v) is 6.31. The van der Waals surface area contributed by atoms with E-state index in [1.165, 1.54) is 11.3 Å². The molecule has 0 unspecified atom stereocenters. The molecule has 0 spiro atoms. The van der Waals surface area contributed by atoms with E-state index in [2.05, 4.69) is 9.97 Å². The number of anilines is 1. The van der Waals surface area contributed by atoms with E-state index in [9.17, 15) is 4.79 Å². The highest BCUT2D eigenvalue weighted by molar-refractivity contribution is 7.22. The van der Waals surface area contributed by atoms with E-state index in [1.807, 2.05) is 66.7 Å². The van der Waals surface area contributed by atoms with Crippen molar-refractivity contribution in [3.05, 3.63) is 113 Å². The lowest BCUT2D eigenvalue weighted by atomic mass is 10.1. The Labute approximate surface area is 199 Å². The predicted octanol–water partition coefficient (Wildman–Crippen LogP) is 6.98. The molecule has 2 heterocycles. The molecule has 0 bridgehead atoms. The van der Waals surface area contributed by atoms with Gasteiger partial charge in [-0.1, -0.05) is 59.3 Å². The standard InChI is InChI=1S/C26H18ClN3O2S/c27-22-12-5-13-23-24(22)29-26(33-23)30(17-18-7-6-14-28-16-18)25(31)19-8-4-11-21(15-19)32-20-9-2-1-3-10-20/h1-16H,17H2. The van der Waals surface area contributed by atoms with Crippen LogP contribution in [0.15, 0.2) is 97.3 Å². The van der Waals surface area contributed by atoms with Crippen LogP contribution in [0.4, 0.5) is 5.13 Å². The van der Waals surface area contributed by atoms with E-state index in [0.717, 1.165) is 10.3 Å². The fraction of sp³-hybridized carbons (Fsp3) is 0.0385. The fourth-order valence-electron chi connectivity index (χ4n) is 3.39. The number of hydrogen-bond acceptors (Lipinski definition) is 5. The lowest BCUT2D eigenvalue weighted by Crippen LogP contribution is -2.30. The third kappa shape index (κ3) is 4.72. The van der Waals surface area contributed by atoms with Crippen LogP contribution in [-0.4, -0.2) is 15.9 Å². The molecule has 0 aliphatic carbocycles. The second-order valence-corrected chi connectivity index (χ2v) is 8.69. The van der Waals surface area contributed by atoms with Gasteiger partial charge in [-0.05, 0) is 54.1 Å². The number of ether oxygens (including phenoxy) is 1. The maximum Gasteiger partial charge on any atom is 0.260 e. The van der Waals surface area contributed by atoms with Crippen molar-refractivity contribution in [2.45, 2.75) is 6.54 Å². The molecule has 33 heavy (non-hydrogen) atoms. The number of halogens is 1. The van der Waals surface area contributed by atoms with Crippen LogP contribution in [0.5, 0.6) is 11.5 Å². The summed E-state index contributed by atoms with van der Waals surface area (Å²) < 4.78 is 6.84. The second kappa shape index (κ2) is 9.40. The number of rotatable bonds is 6. The molecule has 0 saturated carbocycles. The summed E-state index contributed by atoms with van der Waals surface area (Å²) in [6.45, 7) is 0.327. The van der Waals surface area contributed by atoms with Crippen LogP contribution < -0.4 is 9.64 Å². The minimum Gasteiger partial charge on any atom is -0.457 e. The van der Waals surface area contributed by atoms with Crippen molar-refractivity contribution < 1.29 is 9.53 Å². The number of carbonyl (C=O) groups is 1. The van der Waals surface area contributed by atoms with Gasteiger partial charge in [-0.2, -0.15) is 0 Å². The number of nitrogens with zero attached hydrogens (tertiary/aromatic N) is 3. The van der Waals surface area contributed by atoms with Crippen molar-refractivity contribution in [3.8, 4) is 11.5 Å². The molecule has 5 rings (SSSR count). The number of fused-ring (bicyclic) bond motifs is 1. The number of hydrogen-bond donors (Lipinski definition) is 0. The molecular formula is C26H18ClN3O2S. The number of para-hydroxylation sites is 2. The van der Waals surface area contributed by atoms with E-state index in [1.54, 1.807) is 35.5 Å². The summed E-state index contributed by atoms with van der Waals surface area (Å²) in [6.07, 6.45) is 3.45. The van der Waals surface area contributed by atoms with Gasteiger partial charge in [-0.3, -0.25) is 14.7 Å². The quantitative estimate of drug-likeness (QED) is 0.268. The average molecular weight is 472 g/mol. The Kier molecular flexibility index (Phi) is 6.02. The first-order valence-electron chi connectivity index (χ1n) is 10.3. The van der Waals surface area contributed by atoms with Gasteiger partial charge in [0.25, 0.3) is 5.91 Å². The molecule has 5 aromatic rings. The third-order valence-electron chi connectivity index (χ3n) is 4.96. The zero-order valence-corrected chi connectivity index (χ0v) is 19.0. The van der Waals surface area contributed by atoms with Crippen molar-refractivity contribution in [2.75, 3.05) is 4.90 Å². The number of benzene rings is 3. The molecule has 1 amide bonds. The Hall–Kier alpha value is -3.74. The molecule has 5 nitrogen and oxygen atoms in total. The molecular weight excluding hydrogens is 454 g/mol. The first-order valence-corrected chi connectivity index (χ1v) is 11.5. The van der Waals surface area contributed by atoms with Crippen molar-refractivity contribution in [1.29, 1.82) is 0 Å². The van der Waals surface area contributed by atoms with E-state index in [4.69, 9.17) is 16.3 Å². The van der Waals surface area contributed by atoms with Gasteiger partial charge in [-0.15, -0.1) is 0 Å². The monoisotopic (exact) mass is 471 g/mol. The van der Waals surface area contributed by atoms with Crippen LogP contribution >= 0.6 is 22.9 Å². The molecule has 2 aromatic heterocycles. The van der Waals surface area contributed by atoms with Crippen molar-refractivity contribution in [2.24, 2.45) is 0 Å². The summed E-state index contributed by atoms with van der Waals surface area (Å²) in [5.74, 6) is 1.10. The van der Waals surface area contributed by atoms with Gasteiger partial charge in [0.2, 0.25) is 0 Å². The van der Waals surface area contributed by atoms with Gasteiger partial charge < -0.3 is 4.74 Å². The lowest BCUT2D eigenvalue weighted by molar-refractivity contribution is 0.0985.